The maximum absolute atomic E-state index is 13.4. The standard InChI is InChI=1S/C19H15BrClFN4OS2/c20-15-8-11-16-12(9-28-19(11)29-15)17(24-23-16)18(27)26-5-3-25(4-6-26)10-1-2-14(22)13(21)7-10/h1-2,7-8H,3-6,9H2,(H,23,24). The maximum Gasteiger partial charge on any atom is 0.272 e. The van der Waals surface area contributed by atoms with Crippen LogP contribution < -0.4 is 4.90 Å². The van der Waals surface area contributed by atoms with Crippen LogP contribution in [0.15, 0.2) is 32.3 Å². The molecule has 0 radical (unpaired) electrons. The molecule has 2 aliphatic rings. The number of benzene rings is 1. The highest BCUT2D eigenvalue weighted by molar-refractivity contribution is 9.11. The summed E-state index contributed by atoms with van der Waals surface area (Å²) in [6.07, 6.45) is 0. The van der Waals surface area contributed by atoms with Gasteiger partial charge in [0.25, 0.3) is 5.91 Å². The first-order valence-electron chi connectivity index (χ1n) is 9.00. The quantitative estimate of drug-likeness (QED) is 0.508. The molecule has 5 nitrogen and oxygen atoms in total. The SMILES string of the molecule is O=C(c1[nH]nc2c1CSc1sc(Br)cc1-2)N1CCN(c2ccc(F)c(Cl)c2)CC1. The van der Waals surface area contributed by atoms with Gasteiger partial charge in [-0.25, -0.2) is 4.39 Å². The van der Waals surface area contributed by atoms with Crippen LogP contribution in [0.25, 0.3) is 11.3 Å². The number of amides is 1. The number of thioether (sulfide) groups is 1. The fourth-order valence-corrected chi connectivity index (χ4v) is 7.05. The molecule has 5 rings (SSSR count). The lowest BCUT2D eigenvalue weighted by Crippen LogP contribution is -2.49. The van der Waals surface area contributed by atoms with Crippen molar-refractivity contribution >= 4 is 62.2 Å². The van der Waals surface area contributed by atoms with E-state index in [1.54, 1.807) is 35.2 Å². The number of hydrogen-bond acceptors (Lipinski definition) is 5. The molecule has 10 heteroatoms. The average Bonchev–Trinajstić information content (AvgIpc) is 3.32. The molecule has 0 spiro atoms. The number of fused-ring (bicyclic) bond motifs is 3. The molecule has 0 bridgehead atoms. The third kappa shape index (κ3) is 3.48. The van der Waals surface area contributed by atoms with Crippen LogP contribution >= 0.6 is 50.6 Å². The van der Waals surface area contributed by atoms with Crippen molar-refractivity contribution in [2.24, 2.45) is 0 Å². The van der Waals surface area contributed by atoms with Crippen molar-refractivity contribution in [3.63, 3.8) is 0 Å². The van der Waals surface area contributed by atoms with Crippen LogP contribution in [0.1, 0.15) is 16.1 Å². The van der Waals surface area contributed by atoms with E-state index < -0.39 is 5.82 Å². The van der Waals surface area contributed by atoms with Crippen LogP contribution in [0.2, 0.25) is 5.02 Å². The lowest BCUT2D eigenvalue weighted by atomic mass is 10.1. The highest BCUT2D eigenvalue weighted by Crippen LogP contribution is 2.47. The van der Waals surface area contributed by atoms with E-state index in [0.717, 1.165) is 32.0 Å². The Labute approximate surface area is 188 Å². The van der Waals surface area contributed by atoms with Gasteiger partial charge >= 0.3 is 0 Å². The summed E-state index contributed by atoms with van der Waals surface area (Å²) in [5.41, 5.74) is 4.39. The van der Waals surface area contributed by atoms with Crippen molar-refractivity contribution in [3.8, 4) is 11.3 Å². The van der Waals surface area contributed by atoms with Gasteiger partial charge in [-0.05, 0) is 40.2 Å². The van der Waals surface area contributed by atoms with E-state index in [-0.39, 0.29) is 10.9 Å². The van der Waals surface area contributed by atoms with Crippen LogP contribution in [-0.4, -0.2) is 47.2 Å². The summed E-state index contributed by atoms with van der Waals surface area (Å²) in [7, 11) is 0. The molecule has 1 amide bonds. The van der Waals surface area contributed by atoms with Crippen molar-refractivity contribution in [2.45, 2.75) is 9.96 Å². The Hall–Kier alpha value is -1.55. The number of hydrogen-bond donors (Lipinski definition) is 1. The third-order valence-corrected chi connectivity index (χ3v) is 8.43. The Morgan fingerprint density at radius 3 is 2.79 bits per heavy atom. The monoisotopic (exact) mass is 512 g/mol. The number of aromatic amines is 1. The zero-order valence-corrected chi connectivity index (χ0v) is 19.0. The molecule has 1 aromatic carbocycles. The summed E-state index contributed by atoms with van der Waals surface area (Å²) < 4.78 is 15.7. The Morgan fingerprint density at radius 2 is 2.03 bits per heavy atom. The predicted octanol–water partition coefficient (Wildman–Crippen LogP) is 5.26. The van der Waals surface area contributed by atoms with Crippen molar-refractivity contribution in [1.29, 1.82) is 0 Å². The fourth-order valence-electron chi connectivity index (χ4n) is 3.67. The topological polar surface area (TPSA) is 52.2 Å². The number of halogens is 3. The highest BCUT2D eigenvalue weighted by atomic mass is 79.9. The Bertz CT molecular complexity index is 1110. The second-order valence-electron chi connectivity index (χ2n) is 6.84. The third-order valence-electron chi connectivity index (χ3n) is 5.19. The minimum Gasteiger partial charge on any atom is -0.368 e. The van der Waals surface area contributed by atoms with Gasteiger partial charge in [0, 0.05) is 48.7 Å². The smallest absolute Gasteiger partial charge is 0.272 e. The second kappa shape index (κ2) is 7.61. The van der Waals surface area contributed by atoms with Crippen molar-refractivity contribution in [2.75, 3.05) is 31.1 Å². The Kier molecular flexibility index (Phi) is 5.09. The summed E-state index contributed by atoms with van der Waals surface area (Å²) >= 11 is 12.9. The lowest BCUT2D eigenvalue weighted by molar-refractivity contribution is 0.0740. The number of thiophene rings is 1. The largest absolute Gasteiger partial charge is 0.368 e. The summed E-state index contributed by atoms with van der Waals surface area (Å²) in [6.45, 7) is 2.51. The van der Waals surface area contributed by atoms with E-state index in [1.165, 1.54) is 10.3 Å². The van der Waals surface area contributed by atoms with Gasteiger partial charge in [-0.3, -0.25) is 9.89 Å². The summed E-state index contributed by atoms with van der Waals surface area (Å²) in [5, 5.41) is 7.54. The van der Waals surface area contributed by atoms with E-state index in [9.17, 15) is 9.18 Å². The second-order valence-corrected chi connectivity index (χ2v) is 10.9. The number of H-pyrrole nitrogens is 1. The molecule has 0 atom stereocenters. The van der Waals surface area contributed by atoms with Crippen LogP contribution in [-0.2, 0) is 5.75 Å². The maximum atomic E-state index is 13.4. The van der Waals surface area contributed by atoms with E-state index in [4.69, 9.17) is 11.6 Å². The van der Waals surface area contributed by atoms with Gasteiger partial charge in [0.1, 0.15) is 11.5 Å². The molecule has 0 aliphatic carbocycles. The zero-order valence-electron chi connectivity index (χ0n) is 15.0. The van der Waals surface area contributed by atoms with Crippen LogP contribution in [0.5, 0.6) is 0 Å². The number of anilines is 1. The molecular weight excluding hydrogens is 499 g/mol. The number of rotatable bonds is 2. The summed E-state index contributed by atoms with van der Waals surface area (Å²) in [6, 6.07) is 6.79. The molecule has 0 unspecified atom stereocenters. The van der Waals surface area contributed by atoms with Gasteiger partial charge in [0.15, 0.2) is 0 Å². The molecule has 3 aromatic rings. The van der Waals surface area contributed by atoms with Gasteiger partial charge < -0.3 is 9.80 Å². The fraction of sp³-hybridized carbons (Fsp3) is 0.263. The normalized spacial score (nSPS) is 16.0. The van der Waals surface area contributed by atoms with Crippen LogP contribution in [0, 0.1) is 5.82 Å². The van der Waals surface area contributed by atoms with Crippen molar-refractivity contribution in [3.05, 3.63) is 50.1 Å². The molecule has 29 heavy (non-hydrogen) atoms. The van der Waals surface area contributed by atoms with E-state index in [2.05, 4.69) is 37.1 Å². The average molecular weight is 514 g/mol. The van der Waals surface area contributed by atoms with E-state index in [1.807, 2.05) is 4.90 Å². The minimum atomic E-state index is -0.424. The summed E-state index contributed by atoms with van der Waals surface area (Å²) in [5.74, 6) is 0.293. The van der Waals surface area contributed by atoms with Gasteiger partial charge in [-0.2, -0.15) is 5.10 Å². The van der Waals surface area contributed by atoms with Crippen molar-refractivity contribution in [1.82, 2.24) is 15.1 Å². The molecule has 4 heterocycles. The lowest BCUT2D eigenvalue weighted by Gasteiger charge is -2.36. The first kappa shape index (κ1) is 19.4. The molecule has 1 N–H and O–H groups in total. The number of carbonyl (C=O) groups is 1. The highest BCUT2D eigenvalue weighted by Gasteiger charge is 2.31. The van der Waals surface area contributed by atoms with Gasteiger partial charge in [0.05, 0.1) is 18.7 Å². The molecule has 2 aromatic heterocycles. The first-order valence-corrected chi connectivity index (χ1v) is 12.0. The van der Waals surface area contributed by atoms with Gasteiger partial charge in [-0.1, -0.05) is 11.6 Å². The first-order chi connectivity index (χ1) is 14.0. The van der Waals surface area contributed by atoms with Crippen LogP contribution in [0.4, 0.5) is 10.1 Å². The van der Waals surface area contributed by atoms with E-state index in [0.29, 0.717) is 31.9 Å². The molecular formula is C19H15BrClFN4OS2. The number of nitrogens with zero attached hydrogens (tertiary/aromatic N) is 3. The summed E-state index contributed by atoms with van der Waals surface area (Å²) in [4.78, 5) is 17.1. The number of carbonyl (C=O) groups excluding carboxylic acids is 1. The van der Waals surface area contributed by atoms with Crippen LogP contribution in [0.3, 0.4) is 0 Å². The van der Waals surface area contributed by atoms with Gasteiger partial charge in [0.2, 0.25) is 0 Å². The molecule has 2 aliphatic heterocycles. The molecule has 150 valence electrons. The zero-order chi connectivity index (χ0) is 20.1. The number of nitrogens with one attached hydrogen (secondary N) is 1. The molecule has 0 saturated carbocycles. The Morgan fingerprint density at radius 1 is 1.24 bits per heavy atom. The number of piperazine rings is 1. The van der Waals surface area contributed by atoms with Gasteiger partial charge in [-0.15, -0.1) is 23.1 Å². The minimum absolute atomic E-state index is 0.0196. The molecule has 1 fully saturated rings. The molecule has 1 saturated heterocycles. The Balaban J connectivity index is 1.32. The predicted molar refractivity (Wildman–Crippen MR) is 119 cm³/mol. The van der Waals surface area contributed by atoms with E-state index >= 15 is 0 Å². The number of aromatic nitrogens is 2. The van der Waals surface area contributed by atoms with Crippen molar-refractivity contribution < 1.29 is 9.18 Å².